The Balaban J connectivity index is 1.38. The van der Waals surface area contributed by atoms with Crippen molar-refractivity contribution in [1.29, 1.82) is 0 Å². The number of hydrogen-bond donors (Lipinski definition) is 0. The summed E-state index contributed by atoms with van der Waals surface area (Å²) in [7, 11) is -0.376. The zero-order valence-electron chi connectivity index (χ0n) is 39.6. The van der Waals surface area contributed by atoms with Gasteiger partial charge in [0, 0.05) is 21.4 Å². The van der Waals surface area contributed by atoms with Crippen molar-refractivity contribution >= 4 is 21.7 Å². The SMILES string of the molecule is CCCCC1=Cc2c(ccc(CCC)c2-c2cc(C(C)C)cc(C(C)C)c2)C1C[SiH2]CC1C(CCCC)=Cc2c1ccc(CCC)c2-c1cc(C(C)C)cc(C(C)C)c1. The van der Waals surface area contributed by atoms with E-state index in [1.807, 2.05) is 0 Å². The van der Waals surface area contributed by atoms with Crippen molar-refractivity contribution in [2.45, 2.75) is 195 Å². The molecule has 0 spiro atoms. The molecular formula is C58H80Si. The molecule has 0 radical (unpaired) electrons. The third kappa shape index (κ3) is 10.0. The molecule has 316 valence electrons. The summed E-state index contributed by atoms with van der Waals surface area (Å²) >= 11 is 0. The Kier molecular flexibility index (Phi) is 15.6. The molecule has 0 saturated heterocycles. The Morgan fingerprint density at radius 2 is 0.797 bits per heavy atom. The number of allylic oxidation sites excluding steroid dienone is 2. The Hall–Kier alpha value is -3.42. The van der Waals surface area contributed by atoms with E-state index < -0.39 is 0 Å². The van der Waals surface area contributed by atoms with Gasteiger partial charge in [0.2, 0.25) is 0 Å². The number of unbranched alkanes of at least 4 members (excludes halogenated alkanes) is 2. The van der Waals surface area contributed by atoms with Gasteiger partial charge in [0.25, 0.3) is 0 Å². The molecule has 6 rings (SSSR count). The Morgan fingerprint density at radius 1 is 0.441 bits per heavy atom. The van der Waals surface area contributed by atoms with Crippen LogP contribution in [0, 0.1) is 0 Å². The maximum atomic E-state index is 2.70. The van der Waals surface area contributed by atoms with E-state index in [0.29, 0.717) is 35.5 Å². The van der Waals surface area contributed by atoms with E-state index in [4.69, 9.17) is 0 Å². The lowest BCUT2D eigenvalue weighted by Crippen LogP contribution is -2.09. The molecule has 4 aromatic carbocycles. The summed E-state index contributed by atoms with van der Waals surface area (Å²) in [6.45, 7) is 28.3. The molecule has 1 heteroatoms. The topological polar surface area (TPSA) is 0 Å². The maximum absolute atomic E-state index is 2.70. The van der Waals surface area contributed by atoms with Gasteiger partial charge >= 0.3 is 0 Å². The van der Waals surface area contributed by atoms with E-state index in [-0.39, 0.29) is 9.52 Å². The Labute approximate surface area is 364 Å². The molecule has 4 aromatic rings. The van der Waals surface area contributed by atoms with Crippen LogP contribution in [0.25, 0.3) is 34.4 Å². The highest BCUT2D eigenvalue weighted by atomic mass is 28.2. The largest absolute Gasteiger partial charge is 0.0654 e. The first kappa shape index (κ1) is 45.1. The van der Waals surface area contributed by atoms with Gasteiger partial charge in [-0.2, -0.15) is 0 Å². The lowest BCUT2D eigenvalue weighted by Gasteiger charge is -2.23. The highest BCUT2D eigenvalue weighted by molar-refractivity contribution is 6.36. The minimum absolute atomic E-state index is 0.376. The summed E-state index contributed by atoms with van der Waals surface area (Å²) in [6, 6.07) is 28.1. The predicted octanol–water partition coefficient (Wildman–Crippen LogP) is 17.5. The molecule has 0 N–H and O–H groups in total. The molecule has 2 aliphatic rings. The van der Waals surface area contributed by atoms with Crippen LogP contribution in [0.3, 0.4) is 0 Å². The number of benzene rings is 4. The number of aryl methyl sites for hydroxylation is 2. The van der Waals surface area contributed by atoms with Crippen molar-refractivity contribution in [3.8, 4) is 22.3 Å². The fourth-order valence-corrected chi connectivity index (χ4v) is 12.7. The molecule has 2 unspecified atom stereocenters. The second-order valence-corrected chi connectivity index (χ2v) is 21.6. The third-order valence-corrected chi connectivity index (χ3v) is 15.9. The molecule has 0 aliphatic heterocycles. The molecule has 0 bridgehead atoms. The standard InChI is InChI=1S/C58H80Si/c1-13-17-21-43-33-53-51(25-23-41(19-15-3)57(53)49-29-45(37(5)6)27-46(30-49)38(7)8)55(43)35-59-36-56-44(22-18-14-2)34-54-52(56)26-24-42(20-16-4)58(54)50-31-47(39(9)10)28-48(32-50)40(11)12/h23-34,37-40,55-56H,13-22,35-36,59H2,1-12H3. The van der Waals surface area contributed by atoms with Crippen molar-refractivity contribution in [2.24, 2.45) is 0 Å². The first-order valence-electron chi connectivity index (χ1n) is 24.4. The van der Waals surface area contributed by atoms with Crippen LogP contribution in [0.4, 0.5) is 0 Å². The van der Waals surface area contributed by atoms with Crippen LogP contribution in [0.15, 0.2) is 71.8 Å². The summed E-state index contributed by atoms with van der Waals surface area (Å²) in [5.41, 5.74) is 24.8. The third-order valence-electron chi connectivity index (χ3n) is 13.9. The monoisotopic (exact) mass is 805 g/mol. The lowest BCUT2D eigenvalue weighted by molar-refractivity contribution is 0.730. The number of hydrogen-bond acceptors (Lipinski definition) is 0. The summed E-state index contributed by atoms with van der Waals surface area (Å²) in [4.78, 5) is 0. The molecule has 2 aliphatic carbocycles. The van der Waals surface area contributed by atoms with Crippen molar-refractivity contribution in [3.63, 3.8) is 0 Å². The van der Waals surface area contributed by atoms with Crippen LogP contribution in [-0.2, 0) is 12.8 Å². The van der Waals surface area contributed by atoms with Crippen LogP contribution in [0.5, 0.6) is 0 Å². The number of rotatable bonds is 20. The van der Waals surface area contributed by atoms with Crippen molar-refractivity contribution in [1.82, 2.24) is 0 Å². The Morgan fingerprint density at radius 3 is 1.10 bits per heavy atom. The second-order valence-electron chi connectivity index (χ2n) is 19.8. The summed E-state index contributed by atoms with van der Waals surface area (Å²) in [5.74, 6) is 3.22. The first-order chi connectivity index (χ1) is 28.4. The van der Waals surface area contributed by atoms with E-state index in [1.165, 1.54) is 108 Å². The minimum atomic E-state index is -0.376. The zero-order chi connectivity index (χ0) is 42.4. The van der Waals surface area contributed by atoms with Gasteiger partial charge < -0.3 is 0 Å². The Bertz CT molecular complexity index is 1910. The van der Waals surface area contributed by atoms with E-state index in [0.717, 1.165) is 12.8 Å². The van der Waals surface area contributed by atoms with Crippen molar-refractivity contribution in [3.05, 3.63) is 127 Å². The minimum Gasteiger partial charge on any atom is -0.0654 e. The highest BCUT2D eigenvalue weighted by Gasteiger charge is 2.32. The van der Waals surface area contributed by atoms with Gasteiger partial charge in [-0.15, -0.1) is 0 Å². The summed E-state index contributed by atoms with van der Waals surface area (Å²) in [6.07, 6.45) is 17.6. The van der Waals surface area contributed by atoms with Crippen LogP contribution in [-0.4, -0.2) is 9.52 Å². The van der Waals surface area contributed by atoms with E-state index in [1.54, 1.807) is 44.5 Å². The van der Waals surface area contributed by atoms with Gasteiger partial charge in [-0.3, -0.25) is 0 Å². The average molecular weight is 805 g/mol. The van der Waals surface area contributed by atoms with Crippen molar-refractivity contribution < 1.29 is 0 Å². The molecule has 0 fully saturated rings. The van der Waals surface area contributed by atoms with Crippen LogP contribution in [0.2, 0.25) is 12.1 Å². The molecule has 0 amide bonds. The highest BCUT2D eigenvalue weighted by Crippen LogP contribution is 2.50. The molecular weight excluding hydrogens is 725 g/mol. The fraction of sp³-hybridized carbons (Fsp3) is 0.517. The number of fused-ring (bicyclic) bond motifs is 2. The van der Waals surface area contributed by atoms with Crippen LogP contribution in [0.1, 0.15) is 226 Å². The van der Waals surface area contributed by atoms with E-state index in [2.05, 4.69) is 156 Å². The van der Waals surface area contributed by atoms with Gasteiger partial charge in [-0.05, 0) is 140 Å². The average Bonchev–Trinajstić information content (AvgIpc) is 3.75. The van der Waals surface area contributed by atoms with Gasteiger partial charge in [-0.25, -0.2) is 0 Å². The summed E-state index contributed by atoms with van der Waals surface area (Å²) < 4.78 is 0. The molecule has 2 atom stereocenters. The zero-order valence-corrected chi connectivity index (χ0v) is 41.0. The maximum Gasteiger partial charge on any atom is 0.0218 e. The molecule has 59 heavy (non-hydrogen) atoms. The van der Waals surface area contributed by atoms with E-state index >= 15 is 0 Å². The smallest absolute Gasteiger partial charge is 0.0218 e. The van der Waals surface area contributed by atoms with Gasteiger partial charge in [0.1, 0.15) is 0 Å². The van der Waals surface area contributed by atoms with Crippen LogP contribution < -0.4 is 0 Å². The molecule has 0 heterocycles. The fourth-order valence-electron chi connectivity index (χ4n) is 10.3. The van der Waals surface area contributed by atoms with Gasteiger partial charge in [0.05, 0.1) is 0 Å². The second kappa shape index (κ2) is 20.4. The van der Waals surface area contributed by atoms with Crippen LogP contribution >= 0.6 is 0 Å². The summed E-state index contributed by atoms with van der Waals surface area (Å²) in [5, 5.41) is 0. The normalized spacial score (nSPS) is 16.3. The van der Waals surface area contributed by atoms with Crippen molar-refractivity contribution in [2.75, 3.05) is 0 Å². The first-order valence-corrected chi connectivity index (χ1v) is 26.4. The molecule has 0 nitrogen and oxygen atoms in total. The quantitative estimate of drug-likeness (QED) is 0.0781. The predicted molar refractivity (Wildman–Crippen MR) is 267 cm³/mol. The van der Waals surface area contributed by atoms with Gasteiger partial charge in [0.15, 0.2) is 0 Å². The lowest BCUT2D eigenvalue weighted by atomic mass is 9.85. The molecule has 0 saturated carbocycles. The van der Waals surface area contributed by atoms with E-state index in [9.17, 15) is 0 Å². The van der Waals surface area contributed by atoms with Gasteiger partial charge in [-0.1, -0.05) is 205 Å². The molecule has 0 aromatic heterocycles.